The maximum absolute atomic E-state index is 11.5. The van der Waals surface area contributed by atoms with Gasteiger partial charge in [0.05, 0.1) is 11.9 Å². The van der Waals surface area contributed by atoms with Gasteiger partial charge in [-0.2, -0.15) is 0 Å². The van der Waals surface area contributed by atoms with Crippen LogP contribution in [0.4, 0.5) is 0 Å². The summed E-state index contributed by atoms with van der Waals surface area (Å²) in [5, 5.41) is 9.25. The maximum Gasteiger partial charge on any atom is 0.211 e. The molecule has 0 aromatic heterocycles. The molecule has 4 nitrogen and oxygen atoms in total. The molecule has 92 valence electrons. The van der Waals surface area contributed by atoms with E-state index in [0.717, 1.165) is 6.42 Å². The number of hydrogen-bond acceptors (Lipinski definition) is 3. The second-order valence-electron chi connectivity index (χ2n) is 4.04. The predicted molar refractivity (Wildman–Crippen MR) is 62.2 cm³/mol. The highest BCUT2D eigenvalue weighted by atomic mass is 32.2. The smallest absolute Gasteiger partial charge is 0.211 e. The third kappa shape index (κ3) is 7.76. The molecule has 0 rings (SSSR count). The van der Waals surface area contributed by atoms with Gasteiger partial charge >= 0.3 is 0 Å². The molecular formula is C10H23NO3S. The first kappa shape index (κ1) is 14.9. The van der Waals surface area contributed by atoms with Gasteiger partial charge in [-0.3, -0.25) is 0 Å². The molecule has 0 radical (unpaired) electrons. The molecule has 0 aliphatic carbocycles. The third-order valence-electron chi connectivity index (χ3n) is 2.47. The van der Waals surface area contributed by atoms with Crippen LogP contribution in [0, 0.1) is 5.92 Å². The Labute approximate surface area is 93.1 Å². The van der Waals surface area contributed by atoms with E-state index in [2.05, 4.69) is 4.72 Å². The largest absolute Gasteiger partial charge is 0.393 e. The molecule has 2 N–H and O–H groups in total. The van der Waals surface area contributed by atoms with E-state index in [0.29, 0.717) is 19.4 Å². The highest BCUT2D eigenvalue weighted by Crippen LogP contribution is 2.04. The Hall–Kier alpha value is -0.130. The first-order valence-corrected chi connectivity index (χ1v) is 7.21. The van der Waals surface area contributed by atoms with E-state index in [9.17, 15) is 13.5 Å². The van der Waals surface area contributed by atoms with Gasteiger partial charge in [0.15, 0.2) is 0 Å². The minimum atomic E-state index is -3.16. The quantitative estimate of drug-likeness (QED) is 0.664. The lowest BCUT2D eigenvalue weighted by Gasteiger charge is -2.12. The fourth-order valence-electron chi connectivity index (χ4n) is 1.14. The number of aliphatic hydroxyl groups is 1. The Morgan fingerprint density at radius 3 is 2.33 bits per heavy atom. The highest BCUT2D eigenvalue weighted by molar-refractivity contribution is 7.89. The van der Waals surface area contributed by atoms with E-state index in [1.165, 1.54) is 0 Å². The Kier molecular flexibility index (Phi) is 7.13. The zero-order chi connectivity index (χ0) is 11.9. The minimum absolute atomic E-state index is 0.172. The van der Waals surface area contributed by atoms with Crippen LogP contribution in [-0.4, -0.2) is 31.9 Å². The number of nitrogens with one attached hydrogen (secondary N) is 1. The molecule has 0 aromatic carbocycles. The lowest BCUT2D eigenvalue weighted by atomic mass is 10.2. The van der Waals surface area contributed by atoms with E-state index < -0.39 is 16.1 Å². The van der Waals surface area contributed by atoms with Crippen LogP contribution in [0.15, 0.2) is 0 Å². The van der Waals surface area contributed by atoms with Gasteiger partial charge in [0, 0.05) is 6.54 Å². The van der Waals surface area contributed by atoms with Crippen molar-refractivity contribution in [1.29, 1.82) is 0 Å². The molecule has 0 aliphatic heterocycles. The van der Waals surface area contributed by atoms with Gasteiger partial charge in [0.25, 0.3) is 0 Å². The molecule has 0 bridgehead atoms. The van der Waals surface area contributed by atoms with Crippen molar-refractivity contribution in [2.75, 3.05) is 12.3 Å². The topological polar surface area (TPSA) is 66.4 Å². The first-order valence-electron chi connectivity index (χ1n) is 5.56. The van der Waals surface area contributed by atoms with Crippen LogP contribution in [0.25, 0.3) is 0 Å². The summed E-state index contributed by atoms with van der Waals surface area (Å²) in [5.41, 5.74) is 0. The van der Waals surface area contributed by atoms with Gasteiger partial charge < -0.3 is 5.11 Å². The Balaban J connectivity index is 3.85. The summed E-state index contributed by atoms with van der Waals surface area (Å²) in [6.07, 6.45) is 1.60. The maximum atomic E-state index is 11.5. The van der Waals surface area contributed by atoms with Crippen LogP contribution in [-0.2, 0) is 10.0 Å². The van der Waals surface area contributed by atoms with Gasteiger partial charge in [-0.25, -0.2) is 13.1 Å². The van der Waals surface area contributed by atoms with Crippen molar-refractivity contribution in [2.24, 2.45) is 5.92 Å². The summed E-state index contributed by atoms with van der Waals surface area (Å²) in [6, 6.07) is 0. The molecule has 0 spiro atoms. The SMILES string of the molecule is CC[C@H](C)CS(=O)(=O)NCC[C@@H](O)CC. The monoisotopic (exact) mass is 237 g/mol. The normalized spacial score (nSPS) is 16.3. The minimum Gasteiger partial charge on any atom is -0.393 e. The molecule has 0 fully saturated rings. The second-order valence-corrected chi connectivity index (χ2v) is 5.89. The van der Waals surface area contributed by atoms with Crippen molar-refractivity contribution in [2.45, 2.75) is 46.1 Å². The lowest BCUT2D eigenvalue weighted by molar-refractivity contribution is 0.162. The van der Waals surface area contributed by atoms with Gasteiger partial charge in [-0.05, 0) is 18.8 Å². The van der Waals surface area contributed by atoms with Crippen molar-refractivity contribution < 1.29 is 13.5 Å². The van der Waals surface area contributed by atoms with Crippen LogP contribution < -0.4 is 4.72 Å². The number of rotatable bonds is 8. The fraction of sp³-hybridized carbons (Fsp3) is 1.00. The van der Waals surface area contributed by atoms with Crippen molar-refractivity contribution in [1.82, 2.24) is 4.72 Å². The van der Waals surface area contributed by atoms with E-state index in [4.69, 9.17) is 0 Å². The molecule has 2 atom stereocenters. The van der Waals surface area contributed by atoms with Crippen LogP contribution >= 0.6 is 0 Å². The van der Waals surface area contributed by atoms with E-state index in [1.54, 1.807) is 0 Å². The number of sulfonamides is 1. The van der Waals surface area contributed by atoms with Crippen molar-refractivity contribution in [3.63, 3.8) is 0 Å². The average molecular weight is 237 g/mol. The Bertz CT molecular complexity index is 251. The standard InChI is InChI=1S/C10H23NO3S/c1-4-9(3)8-15(13,14)11-7-6-10(12)5-2/h9-12H,4-8H2,1-3H3/t9-,10-/m0/s1. The highest BCUT2D eigenvalue weighted by Gasteiger charge is 2.14. The van der Waals surface area contributed by atoms with Gasteiger partial charge in [-0.15, -0.1) is 0 Å². The molecule has 15 heavy (non-hydrogen) atoms. The van der Waals surface area contributed by atoms with Gasteiger partial charge in [-0.1, -0.05) is 27.2 Å². The fourth-order valence-corrected chi connectivity index (χ4v) is 2.67. The van der Waals surface area contributed by atoms with Crippen LogP contribution in [0.3, 0.4) is 0 Å². The summed E-state index contributed by atoms with van der Waals surface area (Å²) < 4.78 is 25.5. The molecule has 0 saturated carbocycles. The summed E-state index contributed by atoms with van der Waals surface area (Å²) in [6.45, 7) is 6.09. The average Bonchev–Trinajstić information content (AvgIpc) is 2.16. The molecule has 0 unspecified atom stereocenters. The van der Waals surface area contributed by atoms with Crippen molar-refractivity contribution >= 4 is 10.0 Å². The van der Waals surface area contributed by atoms with Crippen LogP contribution in [0.1, 0.15) is 40.0 Å². The van der Waals surface area contributed by atoms with E-state index >= 15 is 0 Å². The zero-order valence-electron chi connectivity index (χ0n) is 9.86. The first-order chi connectivity index (χ1) is 6.91. The van der Waals surface area contributed by atoms with Crippen molar-refractivity contribution in [3.8, 4) is 0 Å². The molecule has 0 saturated heterocycles. The molecule has 5 heteroatoms. The molecule has 0 heterocycles. The Morgan fingerprint density at radius 1 is 1.27 bits per heavy atom. The third-order valence-corrected chi connectivity index (χ3v) is 4.12. The molecule has 0 amide bonds. The zero-order valence-corrected chi connectivity index (χ0v) is 10.7. The van der Waals surface area contributed by atoms with E-state index in [1.807, 2.05) is 20.8 Å². The Morgan fingerprint density at radius 2 is 1.87 bits per heavy atom. The van der Waals surface area contributed by atoms with Crippen LogP contribution in [0.2, 0.25) is 0 Å². The summed E-state index contributed by atoms with van der Waals surface area (Å²) >= 11 is 0. The lowest BCUT2D eigenvalue weighted by Crippen LogP contribution is -2.31. The summed E-state index contributed by atoms with van der Waals surface area (Å²) in [4.78, 5) is 0. The van der Waals surface area contributed by atoms with Gasteiger partial charge in [0.1, 0.15) is 0 Å². The molecular weight excluding hydrogens is 214 g/mol. The van der Waals surface area contributed by atoms with Crippen LogP contribution in [0.5, 0.6) is 0 Å². The molecule has 0 aliphatic rings. The number of aliphatic hydroxyl groups excluding tert-OH is 1. The van der Waals surface area contributed by atoms with Crippen molar-refractivity contribution in [3.05, 3.63) is 0 Å². The molecule has 0 aromatic rings. The van der Waals surface area contributed by atoms with Gasteiger partial charge in [0.2, 0.25) is 10.0 Å². The number of hydrogen-bond donors (Lipinski definition) is 2. The second kappa shape index (κ2) is 7.19. The summed E-state index contributed by atoms with van der Waals surface area (Å²) in [7, 11) is -3.16. The summed E-state index contributed by atoms with van der Waals surface area (Å²) in [5.74, 6) is 0.352. The predicted octanol–water partition coefficient (Wildman–Crippen LogP) is 1.11. The van der Waals surface area contributed by atoms with E-state index in [-0.39, 0.29) is 11.7 Å².